The number of rotatable bonds is 5. The molecule has 136 valence electrons. The second-order valence-electron chi connectivity index (χ2n) is 7.31. The van der Waals surface area contributed by atoms with Gasteiger partial charge in [-0.1, -0.05) is 0 Å². The Kier molecular flexibility index (Phi) is 5.06. The first-order chi connectivity index (χ1) is 11.9. The molecule has 25 heavy (non-hydrogen) atoms. The van der Waals surface area contributed by atoms with Gasteiger partial charge in [0.15, 0.2) is 5.65 Å². The number of aliphatic hydroxyl groups is 1. The normalized spacial score (nSPS) is 21.2. The maximum absolute atomic E-state index is 12.6. The van der Waals surface area contributed by atoms with E-state index >= 15 is 0 Å². The lowest BCUT2D eigenvalue weighted by atomic mass is 9.92. The second-order valence-corrected chi connectivity index (χ2v) is 7.31. The Morgan fingerprint density at radius 3 is 2.96 bits per heavy atom. The van der Waals surface area contributed by atoms with Crippen LogP contribution in [0, 0.1) is 0 Å². The van der Waals surface area contributed by atoms with Crippen LogP contribution in [0.15, 0.2) is 18.3 Å². The SMILES string of the molecule is CN(C)C[C@]1(O)CCCN(C(=O)CCc2nc3cccnc3n2C)C1. The predicted molar refractivity (Wildman–Crippen MR) is 96.1 cm³/mol. The zero-order valence-electron chi connectivity index (χ0n) is 15.3. The summed E-state index contributed by atoms with van der Waals surface area (Å²) in [4.78, 5) is 25.3. The van der Waals surface area contributed by atoms with Crippen molar-refractivity contribution in [3.63, 3.8) is 0 Å². The molecule has 7 nitrogen and oxygen atoms in total. The quantitative estimate of drug-likeness (QED) is 0.868. The lowest BCUT2D eigenvalue weighted by molar-refractivity contribution is -0.139. The molecule has 0 radical (unpaired) electrons. The van der Waals surface area contributed by atoms with E-state index in [1.165, 1.54) is 0 Å². The number of imidazole rings is 1. The molecule has 3 heterocycles. The fraction of sp³-hybridized carbons (Fsp3) is 0.611. The van der Waals surface area contributed by atoms with E-state index in [9.17, 15) is 9.90 Å². The Labute approximate surface area is 148 Å². The zero-order valence-corrected chi connectivity index (χ0v) is 15.3. The number of aromatic nitrogens is 3. The Hall–Kier alpha value is -1.99. The van der Waals surface area contributed by atoms with E-state index in [4.69, 9.17) is 0 Å². The van der Waals surface area contributed by atoms with Crippen molar-refractivity contribution in [2.75, 3.05) is 33.7 Å². The molecular weight excluding hydrogens is 318 g/mol. The van der Waals surface area contributed by atoms with Crippen LogP contribution < -0.4 is 0 Å². The lowest BCUT2D eigenvalue weighted by Gasteiger charge is -2.40. The molecule has 1 N–H and O–H groups in total. The summed E-state index contributed by atoms with van der Waals surface area (Å²) < 4.78 is 1.95. The van der Waals surface area contributed by atoms with Gasteiger partial charge in [0.1, 0.15) is 11.3 Å². The van der Waals surface area contributed by atoms with E-state index in [0.29, 0.717) is 25.9 Å². The van der Waals surface area contributed by atoms with Gasteiger partial charge in [-0.15, -0.1) is 0 Å². The van der Waals surface area contributed by atoms with Crippen LogP contribution in [0.3, 0.4) is 0 Å². The molecule has 1 aliphatic heterocycles. The van der Waals surface area contributed by atoms with Gasteiger partial charge in [0, 0.05) is 39.2 Å². The number of fused-ring (bicyclic) bond motifs is 1. The van der Waals surface area contributed by atoms with E-state index < -0.39 is 5.60 Å². The topological polar surface area (TPSA) is 74.5 Å². The molecule has 0 aromatic carbocycles. The third-order valence-electron chi connectivity index (χ3n) is 4.80. The average molecular weight is 345 g/mol. The standard InChI is InChI=1S/C18H27N5O2/c1-21(2)12-18(25)9-5-11-23(13-18)16(24)8-7-15-20-14-6-4-10-19-17(14)22(15)3/h4,6,10,25H,5,7-9,11-13H2,1-3H3/t18-/m1/s1. The van der Waals surface area contributed by atoms with E-state index in [2.05, 4.69) is 9.97 Å². The monoisotopic (exact) mass is 345 g/mol. The van der Waals surface area contributed by atoms with Crippen molar-refractivity contribution in [3.05, 3.63) is 24.2 Å². The van der Waals surface area contributed by atoms with Crippen molar-refractivity contribution in [3.8, 4) is 0 Å². The number of likely N-dealkylation sites (N-methyl/N-ethyl adjacent to an activating group) is 1. The highest BCUT2D eigenvalue weighted by atomic mass is 16.3. The summed E-state index contributed by atoms with van der Waals surface area (Å²) in [6.45, 7) is 1.71. The number of pyridine rings is 1. The predicted octanol–water partition coefficient (Wildman–Crippen LogP) is 0.816. The van der Waals surface area contributed by atoms with Crippen molar-refractivity contribution >= 4 is 17.1 Å². The van der Waals surface area contributed by atoms with E-state index in [-0.39, 0.29) is 5.91 Å². The number of β-amino-alcohol motifs (C(OH)–C–C–N with tert-alkyl or cyclic N) is 1. The van der Waals surface area contributed by atoms with E-state index in [0.717, 1.165) is 36.4 Å². The van der Waals surface area contributed by atoms with E-state index in [1.807, 2.05) is 42.7 Å². The molecule has 2 aromatic rings. The first-order valence-electron chi connectivity index (χ1n) is 8.79. The van der Waals surface area contributed by atoms with Crippen LogP contribution in [0.2, 0.25) is 0 Å². The number of hydrogen-bond acceptors (Lipinski definition) is 5. The van der Waals surface area contributed by atoms with Gasteiger partial charge < -0.3 is 19.5 Å². The number of carbonyl (C=O) groups is 1. The van der Waals surface area contributed by atoms with Gasteiger partial charge in [0.25, 0.3) is 0 Å². The van der Waals surface area contributed by atoms with Crippen molar-refractivity contribution in [2.45, 2.75) is 31.3 Å². The first-order valence-corrected chi connectivity index (χ1v) is 8.79. The molecular formula is C18H27N5O2. The van der Waals surface area contributed by atoms with Gasteiger partial charge in [0.05, 0.1) is 12.1 Å². The van der Waals surface area contributed by atoms with Crippen molar-refractivity contribution in [1.82, 2.24) is 24.3 Å². The highest BCUT2D eigenvalue weighted by Crippen LogP contribution is 2.23. The molecule has 7 heteroatoms. The minimum Gasteiger partial charge on any atom is -0.387 e. The first kappa shape index (κ1) is 17.8. The summed E-state index contributed by atoms with van der Waals surface area (Å²) in [5.74, 6) is 0.944. The van der Waals surface area contributed by atoms with Crippen LogP contribution >= 0.6 is 0 Å². The van der Waals surface area contributed by atoms with Gasteiger partial charge >= 0.3 is 0 Å². The number of aryl methyl sites for hydroxylation is 2. The number of hydrogen-bond donors (Lipinski definition) is 1. The average Bonchev–Trinajstić information content (AvgIpc) is 2.88. The molecule has 0 aliphatic carbocycles. The number of likely N-dealkylation sites (tertiary alicyclic amines) is 1. The summed E-state index contributed by atoms with van der Waals surface area (Å²) in [6.07, 6.45) is 4.31. The molecule has 1 saturated heterocycles. The Balaban J connectivity index is 1.62. The number of nitrogens with zero attached hydrogens (tertiary/aromatic N) is 5. The van der Waals surface area contributed by atoms with Gasteiger partial charge in [-0.2, -0.15) is 0 Å². The molecule has 1 aliphatic rings. The maximum Gasteiger partial charge on any atom is 0.223 e. The largest absolute Gasteiger partial charge is 0.387 e. The summed E-state index contributed by atoms with van der Waals surface area (Å²) >= 11 is 0. The van der Waals surface area contributed by atoms with Gasteiger partial charge in [-0.3, -0.25) is 4.79 Å². The zero-order chi connectivity index (χ0) is 18.0. The lowest BCUT2D eigenvalue weighted by Crippen LogP contribution is -2.54. The Morgan fingerprint density at radius 2 is 2.24 bits per heavy atom. The molecule has 0 saturated carbocycles. The molecule has 1 atom stereocenters. The van der Waals surface area contributed by atoms with Crippen LogP contribution in [0.25, 0.3) is 11.2 Å². The third kappa shape index (κ3) is 3.99. The second kappa shape index (κ2) is 7.09. The van der Waals surface area contributed by atoms with Crippen LogP contribution in [0.1, 0.15) is 25.1 Å². The van der Waals surface area contributed by atoms with Crippen LogP contribution in [0.4, 0.5) is 0 Å². The molecule has 0 spiro atoms. The van der Waals surface area contributed by atoms with Crippen molar-refractivity contribution < 1.29 is 9.90 Å². The summed E-state index contributed by atoms with van der Waals surface area (Å²) in [6, 6.07) is 3.79. The third-order valence-corrected chi connectivity index (χ3v) is 4.80. The molecule has 2 aromatic heterocycles. The molecule has 1 fully saturated rings. The highest BCUT2D eigenvalue weighted by Gasteiger charge is 2.35. The molecule has 3 rings (SSSR count). The summed E-state index contributed by atoms with van der Waals surface area (Å²) in [5, 5.41) is 10.7. The Morgan fingerprint density at radius 1 is 1.44 bits per heavy atom. The maximum atomic E-state index is 12.6. The Bertz CT molecular complexity index is 757. The van der Waals surface area contributed by atoms with Crippen LogP contribution in [0.5, 0.6) is 0 Å². The summed E-state index contributed by atoms with van der Waals surface area (Å²) in [7, 11) is 5.82. The molecule has 0 bridgehead atoms. The summed E-state index contributed by atoms with van der Waals surface area (Å²) in [5.41, 5.74) is 0.883. The van der Waals surface area contributed by atoms with Crippen molar-refractivity contribution in [1.29, 1.82) is 0 Å². The minimum absolute atomic E-state index is 0.0805. The highest BCUT2D eigenvalue weighted by molar-refractivity contribution is 5.77. The fourth-order valence-corrected chi connectivity index (χ4v) is 3.71. The van der Waals surface area contributed by atoms with Gasteiger partial charge in [0.2, 0.25) is 5.91 Å². The smallest absolute Gasteiger partial charge is 0.223 e. The van der Waals surface area contributed by atoms with Crippen LogP contribution in [-0.2, 0) is 18.3 Å². The van der Waals surface area contributed by atoms with Gasteiger partial charge in [-0.25, -0.2) is 9.97 Å². The number of piperidine rings is 1. The number of amides is 1. The minimum atomic E-state index is -0.806. The van der Waals surface area contributed by atoms with Crippen LogP contribution in [-0.4, -0.2) is 74.7 Å². The van der Waals surface area contributed by atoms with Crippen molar-refractivity contribution in [2.24, 2.45) is 7.05 Å². The fourth-order valence-electron chi connectivity index (χ4n) is 3.71. The van der Waals surface area contributed by atoms with E-state index in [1.54, 1.807) is 11.1 Å². The molecule has 1 amide bonds. The molecule has 0 unspecified atom stereocenters. The van der Waals surface area contributed by atoms with Gasteiger partial charge in [-0.05, 0) is 39.1 Å². The number of carbonyl (C=O) groups excluding carboxylic acids is 1.